The van der Waals surface area contributed by atoms with Crippen molar-refractivity contribution >= 4 is 33.6 Å². The van der Waals surface area contributed by atoms with Crippen LogP contribution in [-0.2, 0) is 4.79 Å². The van der Waals surface area contributed by atoms with E-state index in [1.54, 1.807) is 0 Å². The Balaban J connectivity index is 3.16. The summed E-state index contributed by atoms with van der Waals surface area (Å²) in [5.41, 5.74) is -0.274. The zero-order chi connectivity index (χ0) is 9.14. The van der Waals surface area contributed by atoms with Gasteiger partial charge in [-0.25, -0.2) is 4.79 Å². The molecule has 0 aromatic carbocycles. The van der Waals surface area contributed by atoms with Crippen molar-refractivity contribution in [2.24, 2.45) is 4.99 Å². The number of hydrogen-bond donors (Lipinski definition) is 0. The van der Waals surface area contributed by atoms with Crippen LogP contribution >= 0.6 is 15.9 Å². The number of carbonyl (C=O) groups excluding carboxylic acids is 1. The van der Waals surface area contributed by atoms with Crippen LogP contribution in [0.1, 0.15) is 0 Å². The highest BCUT2D eigenvalue weighted by Crippen LogP contribution is 2.32. The summed E-state index contributed by atoms with van der Waals surface area (Å²) in [7, 11) is 0. The minimum absolute atomic E-state index is 0.0681. The van der Waals surface area contributed by atoms with Gasteiger partial charge in [0.05, 0.1) is 11.0 Å². The van der Waals surface area contributed by atoms with Gasteiger partial charge in [0.1, 0.15) is 0 Å². The average molecular weight is 233 g/mol. The Morgan fingerprint density at radius 2 is 2.42 bits per heavy atom. The van der Waals surface area contributed by atoms with Crippen molar-refractivity contribution in [3.63, 3.8) is 0 Å². The van der Waals surface area contributed by atoms with E-state index < -0.39 is 4.92 Å². The van der Waals surface area contributed by atoms with Crippen LogP contribution < -0.4 is 0 Å². The highest BCUT2D eigenvalue weighted by molar-refractivity contribution is 9.10. The molecule has 7 heteroatoms. The minimum atomic E-state index is -0.655. The third kappa shape index (κ3) is 1.58. The summed E-state index contributed by atoms with van der Waals surface area (Å²) in [6, 6.07) is 1.02. The first-order valence-corrected chi connectivity index (χ1v) is 3.46. The number of halogens is 1. The monoisotopic (exact) mass is 232 g/mol. The molecule has 0 amide bonds. The molecule has 1 aromatic heterocycles. The first-order valence-electron chi connectivity index (χ1n) is 2.66. The van der Waals surface area contributed by atoms with Gasteiger partial charge in [-0.1, -0.05) is 0 Å². The fourth-order valence-electron chi connectivity index (χ4n) is 0.572. The second-order valence-electron chi connectivity index (χ2n) is 1.70. The largest absolute Gasteiger partial charge is 0.423 e. The van der Waals surface area contributed by atoms with Crippen molar-refractivity contribution in [3.8, 4) is 0 Å². The number of nitrogens with zero attached hydrogens (tertiary/aromatic N) is 2. The van der Waals surface area contributed by atoms with E-state index in [2.05, 4.69) is 25.3 Å². The second kappa shape index (κ2) is 3.29. The molecule has 0 unspecified atom stereocenters. The predicted molar refractivity (Wildman–Crippen MR) is 40.8 cm³/mol. The van der Waals surface area contributed by atoms with Crippen molar-refractivity contribution in [1.82, 2.24) is 0 Å². The number of hydrogen-bond acceptors (Lipinski definition) is 5. The molecule has 1 aromatic rings. The maximum Gasteiger partial charge on any atom is 0.324 e. The molecular formula is C5HBrN2O4. The SMILES string of the molecule is O=C=Nc1cc([N+](=O)[O-])c(Br)o1. The molecule has 0 atom stereocenters. The van der Waals surface area contributed by atoms with E-state index in [0.717, 1.165) is 6.07 Å². The summed E-state index contributed by atoms with van der Waals surface area (Å²) >= 11 is 2.79. The number of furan rings is 1. The lowest BCUT2D eigenvalue weighted by atomic mass is 10.5. The van der Waals surface area contributed by atoms with E-state index >= 15 is 0 Å². The normalized spacial score (nSPS) is 9.08. The van der Waals surface area contributed by atoms with Crippen LogP contribution in [0.3, 0.4) is 0 Å². The number of aliphatic imine (C=N–C) groups is 1. The molecule has 0 aliphatic rings. The second-order valence-corrected chi connectivity index (χ2v) is 2.42. The van der Waals surface area contributed by atoms with Gasteiger partial charge in [-0.3, -0.25) is 10.1 Å². The van der Waals surface area contributed by atoms with Gasteiger partial charge in [-0.15, -0.1) is 4.99 Å². The molecule has 0 radical (unpaired) electrons. The highest BCUT2D eigenvalue weighted by atomic mass is 79.9. The Kier molecular flexibility index (Phi) is 2.37. The van der Waals surface area contributed by atoms with Gasteiger partial charge in [0.25, 0.3) is 0 Å². The van der Waals surface area contributed by atoms with Gasteiger partial charge in [0.15, 0.2) is 0 Å². The Morgan fingerprint density at radius 3 is 2.83 bits per heavy atom. The Bertz CT molecular complexity index is 366. The van der Waals surface area contributed by atoms with E-state index in [1.165, 1.54) is 6.08 Å². The van der Waals surface area contributed by atoms with Gasteiger partial charge in [-0.2, -0.15) is 0 Å². The minimum Gasteiger partial charge on any atom is -0.423 e. The van der Waals surface area contributed by atoms with E-state index in [1.807, 2.05) is 0 Å². The quantitative estimate of drug-likeness (QED) is 0.338. The summed E-state index contributed by atoms with van der Waals surface area (Å²) in [4.78, 5) is 22.4. The molecule has 0 saturated carbocycles. The molecule has 0 fully saturated rings. The molecule has 12 heavy (non-hydrogen) atoms. The van der Waals surface area contributed by atoms with Gasteiger partial charge in [0.2, 0.25) is 16.6 Å². The van der Waals surface area contributed by atoms with Crippen molar-refractivity contribution in [1.29, 1.82) is 0 Å². The molecular weight excluding hydrogens is 232 g/mol. The Labute approximate surface area is 74.2 Å². The molecule has 0 saturated heterocycles. The fourth-order valence-corrected chi connectivity index (χ4v) is 0.997. The van der Waals surface area contributed by atoms with E-state index in [4.69, 9.17) is 0 Å². The maximum absolute atomic E-state index is 10.2. The van der Waals surface area contributed by atoms with E-state index in [9.17, 15) is 14.9 Å². The van der Waals surface area contributed by atoms with Gasteiger partial charge >= 0.3 is 5.69 Å². The third-order valence-corrected chi connectivity index (χ3v) is 1.58. The predicted octanol–water partition coefficient (Wildman–Crippen LogP) is 1.92. The van der Waals surface area contributed by atoms with Crippen molar-refractivity contribution in [3.05, 3.63) is 20.9 Å². The molecule has 1 rings (SSSR count). The molecule has 0 aliphatic carbocycles. The highest BCUT2D eigenvalue weighted by Gasteiger charge is 2.18. The first kappa shape index (κ1) is 8.63. The van der Waals surface area contributed by atoms with Crippen LogP contribution in [0.15, 0.2) is 20.1 Å². The molecule has 0 spiro atoms. The van der Waals surface area contributed by atoms with Crippen LogP contribution in [0.25, 0.3) is 0 Å². The summed E-state index contributed by atoms with van der Waals surface area (Å²) in [5.74, 6) is -0.149. The standard InChI is InChI=1S/C5HBrN2O4/c6-5-3(8(10)11)1-4(12-5)7-2-9/h1H. The molecule has 1 heterocycles. The van der Waals surface area contributed by atoms with Crippen molar-refractivity contribution in [2.75, 3.05) is 0 Å². The Morgan fingerprint density at radius 1 is 1.75 bits per heavy atom. The lowest BCUT2D eigenvalue weighted by Gasteiger charge is -1.80. The van der Waals surface area contributed by atoms with E-state index in [-0.39, 0.29) is 16.2 Å². The molecule has 6 nitrogen and oxygen atoms in total. The third-order valence-electron chi connectivity index (χ3n) is 1.01. The smallest absolute Gasteiger partial charge is 0.324 e. The van der Waals surface area contributed by atoms with Gasteiger partial charge < -0.3 is 4.42 Å². The summed E-state index contributed by atoms with van der Waals surface area (Å²) in [6.45, 7) is 0. The van der Waals surface area contributed by atoms with Crippen LogP contribution in [0.2, 0.25) is 0 Å². The van der Waals surface area contributed by atoms with Gasteiger partial charge in [-0.05, 0) is 15.9 Å². The maximum atomic E-state index is 10.2. The van der Waals surface area contributed by atoms with Gasteiger partial charge in [0, 0.05) is 0 Å². The fraction of sp³-hybridized carbons (Fsp3) is 0. The van der Waals surface area contributed by atoms with E-state index in [0.29, 0.717) is 0 Å². The molecule has 0 bridgehead atoms. The number of isocyanates is 1. The van der Waals surface area contributed by atoms with Crippen LogP contribution in [0.5, 0.6) is 0 Å². The summed E-state index contributed by atoms with van der Waals surface area (Å²) < 4.78 is 4.59. The topological polar surface area (TPSA) is 85.7 Å². The molecule has 0 N–H and O–H groups in total. The summed E-state index contributed by atoms with van der Waals surface area (Å²) in [6.07, 6.45) is 1.20. The lowest BCUT2D eigenvalue weighted by molar-refractivity contribution is -0.386. The number of rotatable bonds is 2. The van der Waals surface area contributed by atoms with Crippen LogP contribution in [0.4, 0.5) is 11.6 Å². The van der Waals surface area contributed by atoms with Crippen LogP contribution in [-0.4, -0.2) is 11.0 Å². The van der Waals surface area contributed by atoms with Crippen molar-refractivity contribution in [2.45, 2.75) is 0 Å². The summed E-state index contributed by atoms with van der Waals surface area (Å²) in [5, 5.41) is 10.2. The molecule has 62 valence electrons. The zero-order valence-corrected chi connectivity index (χ0v) is 7.07. The van der Waals surface area contributed by atoms with Crippen LogP contribution in [0, 0.1) is 10.1 Å². The number of nitro groups is 1. The first-order chi connectivity index (χ1) is 5.65. The average Bonchev–Trinajstić information content (AvgIpc) is 2.32. The Hall–Kier alpha value is -1.46. The zero-order valence-electron chi connectivity index (χ0n) is 5.48. The van der Waals surface area contributed by atoms with Crippen molar-refractivity contribution < 1.29 is 14.1 Å². The lowest BCUT2D eigenvalue weighted by Crippen LogP contribution is -1.83. The molecule has 0 aliphatic heterocycles.